The predicted molar refractivity (Wildman–Crippen MR) is 157 cm³/mol. The number of nitrogens with zero attached hydrogens (tertiary/aromatic N) is 3. The summed E-state index contributed by atoms with van der Waals surface area (Å²) in [5.74, 6) is -2.93. The molecule has 1 amide bonds. The zero-order chi connectivity index (χ0) is 29.5. The molecule has 2 fully saturated rings. The molecule has 0 unspecified atom stereocenters. The Morgan fingerprint density at radius 1 is 1.00 bits per heavy atom. The summed E-state index contributed by atoms with van der Waals surface area (Å²) in [5.41, 5.74) is 2.48. The van der Waals surface area contributed by atoms with Crippen LogP contribution in [0.1, 0.15) is 54.1 Å². The van der Waals surface area contributed by atoms with Crippen molar-refractivity contribution in [3.05, 3.63) is 102 Å². The third-order valence-corrected chi connectivity index (χ3v) is 7.96. The number of carbonyl (C=O) groups is 1. The summed E-state index contributed by atoms with van der Waals surface area (Å²) in [4.78, 5) is 21.8. The highest BCUT2D eigenvalue weighted by Crippen LogP contribution is 2.31. The Morgan fingerprint density at radius 3 is 2.36 bits per heavy atom. The molecule has 222 valence electrons. The average Bonchev–Trinajstić information content (AvgIpc) is 3.00. The zero-order valence-electron chi connectivity index (χ0n) is 23.8. The summed E-state index contributed by atoms with van der Waals surface area (Å²) in [7, 11) is 0. The Morgan fingerprint density at radius 2 is 1.69 bits per heavy atom. The molecular formula is C33H37F3N4O2. The topological polar surface area (TPSA) is 57.7 Å². The molecule has 1 aromatic heterocycles. The van der Waals surface area contributed by atoms with Gasteiger partial charge < -0.3 is 15.0 Å². The Balaban J connectivity index is 1.07. The van der Waals surface area contributed by atoms with Gasteiger partial charge in [-0.25, -0.2) is 9.37 Å². The van der Waals surface area contributed by atoms with Crippen molar-refractivity contribution in [2.24, 2.45) is 0 Å². The first-order chi connectivity index (χ1) is 20.3. The molecule has 2 aliphatic rings. The van der Waals surface area contributed by atoms with Gasteiger partial charge >= 0.3 is 0 Å². The average molecular weight is 579 g/mol. The highest BCUT2D eigenvalue weighted by atomic mass is 19.3. The molecule has 0 radical (unpaired) electrons. The largest absolute Gasteiger partial charge is 0.474 e. The van der Waals surface area contributed by atoms with Crippen LogP contribution in [0.3, 0.4) is 0 Å². The summed E-state index contributed by atoms with van der Waals surface area (Å²) in [6, 6.07) is 16.5. The monoisotopic (exact) mass is 578 g/mol. The zero-order valence-corrected chi connectivity index (χ0v) is 23.8. The van der Waals surface area contributed by atoms with E-state index in [-0.39, 0.29) is 29.4 Å². The maximum Gasteiger partial charge on any atom is 0.291 e. The van der Waals surface area contributed by atoms with Crippen LogP contribution in [0, 0.1) is 5.82 Å². The van der Waals surface area contributed by atoms with Crippen molar-refractivity contribution in [2.75, 3.05) is 31.1 Å². The number of amides is 1. The van der Waals surface area contributed by atoms with Crippen molar-refractivity contribution >= 4 is 11.6 Å². The maximum absolute atomic E-state index is 14.1. The van der Waals surface area contributed by atoms with Gasteiger partial charge in [0.05, 0.1) is 0 Å². The number of pyridine rings is 1. The highest BCUT2D eigenvalue weighted by Gasteiger charge is 2.28. The maximum atomic E-state index is 14.1. The molecule has 0 spiro atoms. The number of alkyl halides is 2. The number of benzene rings is 2. The first-order valence-electron chi connectivity index (χ1n) is 14.6. The van der Waals surface area contributed by atoms with Gasteiger partial charge in [0.25, 0.3) is 11.8 Å². The van der Waals surface area contributed by atoms with Crippen LogP contribution in [0.2, 0.25) is 0 Å². The van der Waals surface area contributed by atoms with Crippen molar-refractivity contribution in [1.29, 1.82) is 0 Å². The number of rotatable bonds is 9. The van der Waals surface area contributed by atoms with Gasteiger partial charge in [-0.05, 0) is 61.7 Å². The van der Waals surface area contributed by atoms with Gasteiger partial charge in [0, 0.05) is 80.7 Å². The van der Waals surface area contributed by atoms with Crippen molar-refractivity contribution in [3.63, 3.8) is 0 Å². The second-order valence-electron chi connectivity index (χ2n) is 11.0. The molecule has 6 nitrogen and oxygen atoms in total. The van der Waals surface area contributed by atoms with E-state index in [0.717, 1.165) is 75.7 Å². The minimum atomic E-state index is -2.98. The molecule has 42 heavy (non-hydrogen) atoms. The molecule has 5 rings (SSSR count). The number of halogens is 3. The van der Waals surface area contributed by atoms with Gasteiger partial charge in [-0.15, -0.1) is 0 Å². The SMILES string of the molecule is C/C=C/C(F)(F)c1ccc(N2CCC(Oc3cc(C(=O)NC4CCN(Cc5ccc(F)cc5)CC4)ccn3)CC2)cc1. The number of carbonyl (C=O) groups excluding carboxylic acids is 1. The summed E-state index contributed by atoms with van der Waals surface area (Å²) in [6.07, 6.45) is 7.02. The van der Waals surface area contributed by atoms with E-state index < -0.39 is 5.92 Å². The fourth-order valence-corrected chi connectivity index (χ4v) is 5.57. The molecule has 2 saturated heterocycles. The second kappa shape index (κ2) is 13.4. The quantitative estimate of drug-likeness (QED) is 0.301. The van der Waals surface area contributed by atoms with Crippen LogP contribution in [0.15, 0.2) is 79.0 Å². The third kappa shape index (κ3) is 7.70. The van der Waals surface area contributed by atoms with Gasteiger partial charge in [-0.1, -0.05) is 30.3 Å². The number of nitrogens with one attached hydrogen (secondary N) is 1. The molecule has 0 aliphatic carbocycles. The summed E-state index contributed by atoms with van der Waals surface area (Å²) < 4.78 is 47.5. The molecule has 2 aromatic carbocycles. The van der Waals surface area contributed by atoms with Crippen LogP contribution in [0.25, 0.3) is 0 Å². The highest BCUT2D eigenvalue weighted by molar-refractivity contribution is 5.94. The minimum Gasteiger partial charge on any atom is -0.474 e. The molecule has 0 saturated carbocycles. The number of anilines is 1. The Kier molecular flexibility index (Phi) is 9.47. The van der Waals surface area contributed by atoms with Crippen molar-refractivity contribution in [1.82, 2.24) is 15.2 Å². The molecule has 0 bridgehead atoms. The fourth-order valence-electron chi connectivity index (χ4n) is 5.57. The van der Waals surface area contributed by atoms with E-state index in [9.17, 15) is 18.0 Å². The van der Waals surface area contributed by atoms with Gasteiger partial charge in [0.1, 0.15) is 11.9 Å². The number of piperidine rings is 2. The summed E-state index contributed by atoms with van der Waals surface area (Å²) in [6.45, 7) is 5.54. The summed E-state index contributed by atoms with van der Waals surface area (Å²) in [5, 5.41) is 3.15. The lowest BCUT2D eigenvalue weighted by Gasteiger charge is -2.33. The van der Waals surface area contributed by atoms with Gasteiger partial charge in [0.2, 0.25) is 5.88 Å². The molecular weight excluding hydrogens is 541 g/mol. The van der Waals surface area contributed by atoms with Crippen LogP contribution in [0.5, 0.6) is 5.88 Å². The van der Waals surface area contributed by atoms with Crippen molar-refractivity contribution < 1.29 is 22.7 Å². The van der Waals surface area contributed by atoms with Gasteiger partial charge in [-0.3, -0.25) is 9.69 Å². The van der Waals surface area contributed by atoms with E-state index in [2.05, 4.69) is 20.1 Å². The number of allylic oxidation sites excluding steroid dienone is 2. The molecule has 3 heterocycles. The number of likely N-dealkylation sites (tertiary alicyclic amines) is 1. The van der Waals surface area contributed by atoms with Crippen LogP contribution >= 0.6 is 0 Å². The van der Waals surface area contributed by atoms with E-state index in [1.807, 2.05) is 12.1 Å². The van der Waals surface area contributed by atoms with E-state index in [4.69, 9.17) is 4.74 Å². The van der Waals surface area contributed by atoms with Crippen LogP contribution in [0.4, 0.5) is 18.9 Å². The fraction of sp³-hybridized carbons (Fsp3) is 0.394. The molecule has 3 aromatic rings. The second-order valence-corrected chi connectivity index (χ2v) is 11.0. The molecule has 2 aliphatic heterocycles. The minimum absolute atomic E-state index is 0.0233. The Hall–Kier alpha value is -3.85. The van der Waals surface area contributed by atoms with Crippen LogP contribution < -0.4 is 15.0 Å². The predicted octanol–water partition coefficient (Wildman–Crippen LogP) is 6.33. The lowest BCUT2D eigenvalue weighted by molar-refractivity contribution is 0.0520. The number of hydrogen-bond acceptors (Lipinski definition) is 5. The lowest BCUT2D eigenvalue weighted by Crippen LogP contribution is -2.44. The molecule has 1 N–H and O–H groups in total. The van der Waals surface area contributed by atoms with Crippen molar-refractivity contribution in [3.8, 4) is 5.88 Å². The number of ether oxygens (including phenoxy) is 1. The number of aromatic nitrogens is 1. The first-order valence-corrected chi connectivity index (χ1v) is 14.6. The molecule has 0 atom stereocenters. The third-order valence-electron chi connectivity index (χ3n) is 7.96. The van der Waals surface area contributed by atoms with E-state index in [1.165, 1.54) is 30.3 Å². The molecule has 9 heteroatoms. The van der Waals surface area contributed by atoms with E-state index in [1.54, 1.807) is 37.4 Å². The Labute approximate surface area is 245 Å². The summed E-state index contributed by atoms with van der Waals surface area (Å²) >= 11 is 0. The lowest BCUT2D eigenvalue weighted by atomic mass is 10.0. The van der Waals surface area contributed by atoms with E-state index >= 15 is 0 Å². The van der Waals surface area contributed by atoms with Crippen LogP contribution in [-0.2, 0) is 12.5 Å². The van der Waals surface area contributed by atoms with Gasteiger partial charge in [0.15, 0.2) is 0 Å². The number of hydrogen-bond donors (Lipinski definition) is 1. The van der Waals surface area contributed by atoms with Crippen LogP contribution in [-0.4, -0.2) is 54.1 Å². The smallest absolute Gasteiger partial charge is 0.291 e. The van der Waals surface area contributed by atoms with E-state index in [0.29, 0.717) is 11.4 Å². The van der Waals surface area contributed by atoms with Gasteiger partial charge in [-0.2, -0.15) is 8.78 Å². The first kappa shape index (κ1) is 29.6. The van der Waals surface area contributed by atoms with Crippen molar-refractivity contribution in [2.45, 2.75) is 57.2 Å². The normalized spacial score (nSPS) is 17.5. The standard InChI is InChI=1S/C33H37F3N4O2/c1-2-16-33(35,36)26-5-9-29(10-6-26)40-20-14-30(15-21-40)42-31-22-25(11-17-37-31)32(41)38-28-12-18-39(19-13-28)23-24-3-7-27(34)8-4-24/h2-11,16-17,22,28,30H,12-15,18-21,23H2,1H3,(H,38,41)/b16-2+. The Bertz CT molecular complexity index is 1350.